The van der Waals surface area contributed by atoms with Crippen molar-refractivity contribution in [2.45, 2.75) is 25.2 Å². The molecule has 2 aromatic rings. The van der Waals surface area contributed by atoms with Crippen LogP contribution in [-0.2, 0) is 11.2 Å². The number of rotatable bonds is 6. The number of anilines is 1. The van der Waals surface area contributed by atoms with Crippen molar-refractivity contribution < 1.29 is 14.3 Å². The van der Waals surface area contributed by atoms with Gasteiger partial charge in [-0.1, -0.05) is 42.1 Å². The Morgan fingerprint density at radius 1 is 1.19 bits per heavy atom. The lowest BCUT2D eigenvalue weighted by Crippen LogP contribution is -2.28. The number of benzene rings is 2. The Kier molecular flexibility index (Phi) is 6.19. The van der Waals surface area contributed by atoms with Gasteiger partial charge in [-0.05, 0) is 38.0 Å². The van der Waals surface area contributed by atoms with Gasteiger partial charge >= 0.3 is 6.09 Å². The van der Waals surface area contributed by atoms with E-state index < -0.39 is 6.09 Å². The van der Waals surface area contributed by atoms with E-state index in [0.29, 0.717) is 12.3 Å². The number of amides is 1. The standard InChI is InChI=1S/C21H22N2O3S/c1-3-23-18-14-17(9-10-19(18)27-20(23)13-15(2)24)26-21(25)22-12-11-16-7-5-4-6-8-16/h4-10,13-14H,3,11-12H2,1-2H3,(H,22,25)/b20-13-. The van der Waals surface area contributed by atoms with Crippen LogP contribution in [0.4, 0.5) is 10.5 Å². The Morgan fingerprint density at radius 2 is 1.96 bits per heavy atom. The molecule has 0 saturated heterocycles. The molecule has 1 aliphatic heterocycles. The second-order valence-corrected chi connectivity index (χ2v) is 7.18. The maximum Gasteiger partial charge on any atom is 0.412 e. The third-order valence-corrected chi connectivity index (χ3v) is 5.19. The van der Waals surface area contributed by atoms with Crippen LogP contribution in [0.1, 0.15) is 19.4 Å². The average molecular weight is 382 g/mol. The number of nitrogens with zero attached hydrogens (tertiary/aromatic N) is 1. The fraction of sp³-hybridized carbons (Fsp3) is 0.238. The highest BCUT2D eigenvalue weighted by Crippen LogP contribution is 2.47. The summed E-state index contributed by atoms with van der Waals surface area (Å²) in [6, 6.07) is 15.5. The summed E-state index contributed by atoms with van der Waals surface area (Å²) in [5.41, 5.74) is 2.11. The van der Waals surface area contributed by atoms with Gasteiger partial charge in [0, 0.05) is 30.1 Å². The normalized spacial score (nSPS) is 14.1. The zero-order valence-electron chi connectivity index (χ0n) is 15.4. The summed E-state index contributed by atoms with van der Waals surface area (Å²) in [5, 5.41) is 3.66. The molecule has 27 heavy (non-hydrogen) atoms. The smallest absolute Gasteiger partial charge is 0.410 e. The number of fused-ring (bicyclic) bond motifs is 1. The van der Waals surface area contributed by atoms with Gasteiger partial charge in [0.1, 0.15) is 5.75 Å². The fourth-order valence-corrected chi connectivity index (χ4v) is 4.05. The average Bonchev–Trinajstić information content (AvgIpc) is 2.98. The zero-order chi connectivity index (χ0) is 19.2. The monoisotopic (exact) mass is 382 g/mol. The lowest BCUT2D eigenvalue weighted by Gasteiger charge is -2.18. The summed E-state index contributed by atoms with van der Waals surface area (Å²) in [6.45, 7) is 4.80. The molecule has 1 amide bonds. The van der Waals surface area contributed by atoms with Crippen molar-refractivity contribution in [1.29, 1.82) is 0 Å². The van der Waals surface area contributed by atoms with Gasteiger partial charge in [-0.2, -0.15) is 0 Å². The summed E-state index contributed by atoms with van der Waals surface area (Å²) in [6.07, 6.45) is 1.91. The molecule has 1 heterocycles. The molecule has 0 aromatic heterocycles. The van der Waals surface area contributed by atoms with E-state index in [1.165, 1.54) is 0 Å². The minimum atomic E-state index is -0.473. The first-order chi connectivity index (χ1) is 13.1. The number of nitrogens with one attached hydrogen (secondary N) is 1. The predicted molar refractivity (Wildman–Crippen MR) is 108 cm³/mol. The Hall–Kier alpha value is -2.73. The fourth-order valence-electron chi connectivity index (χ4n) is 2.85. The number of ketones is 1. The van der Waals surface area contributed by atoms with Crippen molar-refractivity contribution in [2.24, 2.45) is 0 Å². The van der Waals surface area contributed by atoms with Gasteiger partial charge in [0.15, 0.2) is 5.78 Å². The summed E-state index contributed by atoms with van der Waals surface area (Å²) >= 11 is 1.55. The van der Waals surface area contributed by atoms with Crippen LogP contribution < -0.4 is 15.0 Å². The molecule has 0 atom stereocenters. The molecular formula is C21H22N2O3S. The number of hydrogen-bond donors (Lipinski definition) is 1. The number of ether oxygens (including phenoxy) is 1. The Bertz CT molecular complexity index is 865. The third-order valence-electron chi connectivity index (χ3n) is 4.08. The van der Waals surface area contributed by atoms with Crippen molar-refractivity contribution in [3.8, 4) is 5.75 Å². The van der Waals surface area contributed by atoms with Crippen molar-refractivity contribution in [3.63, 3.8) is 0 Å². The number of carbonyl (C=O) groups is 2. The molecule has 0 spiro atoms. The van der Waals surface area contributed by atoms with Crippen LogP contribution >= 0.6 is 11.8 Å². The topological polar surface area (TPSA) is 58.6 Å². The van der Waals surface area contributed by atoms with Crippen molar-refractivity contribution >= 4 is 29.3 Å². The number of carbonyl (C=O) groups excluding carboxylic acids is 2. The zero-order valence-corrected chi connectivity index (χ0v) is 16.2. The Labute approximate surface area is 163 Å². The van der Waals surface area contributed by atoms with Gasteiger partial charge in [-0.15, -0.1) is 0 Å². The van der Waals surface area contributed by atoms with Crippen LogP contribution in [0.25, 0.3) is 0 Å². The van der Waals surface area contributed by atoms with Crippen molar-refractivity contribution in [1.82, 2.24) is 5.32 Å². The molecule has 1 aliphatic rings. The van der Waals surface area contributed by atoms with E-state index in [0.717, 1.165) is 34.1 Å². The molecule has 5 nitrogen and oxygen atoms in total. The molecule has 0 fully saturated rings. The van der Waals surface area contributed by atoms with Gasteiger partial charge < -0.3 is 15.0 Å². The van der Waals surface area contributed by atoms with Crippen LogP contribution in [0.15, 0.2) is 64.5 Å². The third kappa shape index (κ3) is 4.92. The molecule has 0 unspecified atom stereocenters. The summed E-state index contributed by atoms with van der Waals surface area (Å²) < 4.78 is 5.41. The SMILES string of the molecule is CCN1/C(=C/C(C)=O)Sc2ccc(OC(=O)NCCc3ccccc3)cc21. The molecule has 140 valence electrons. The van der Waals surface area contributed by atoms with Gasteiger partial charge in [0.05, 0.1) is 10.7 Å². The highest BCUT2D eigenvalue weighted by atomic mass is 32.2. The number of hydrogen-bond acceptors (Lipinski definition) is 5. The minimum Gasteiger partial charge on any atom is -0.410 e. The molecule has 0 radical (unpaired) electrons. The van der Waals surface area contributed by atoms with Crippen LogP contribution in [0.3, 0.4) is 0 Å². The molecule has 0 bridgehead atoms. The summed E-state index contributed by atoms with van der Waals surface area (Å²) in [4.78, 5) is 26.6. The van der Waals surface area contributed by atoms with E-state index in [1.807, 2.05) is 54.3 Å². The quantitative estimate of drug-likeness (QED) is 0.752. The molecule has 2 aromatic carbocycles. The van der Waals surface area contributed by atoms with Gasteiger partial charge in [0.2, 0.25) is 0 Å². The van der Waals surface area contributed by atoms with Crippen LogP contribution in [0, 0.1) is 0 Å². The molecule has 0 saturated carbocycles. The largest absolute Gasteiger partial charge is 0.412 e. The van der Waals surface area contributed by atoms with E-state index in [-0.39, 0.29) is 5.78 Å². The second-order valence-electron chi connectivity index (χ2n) is 6.12. The van der Waals surface area contributed by atoms with Crippen LogP contribution in [0.5, 0.6) is 5.75 Å². The minimum absolute atomic E-state index is 0.0121. The lowest BCUT2D eigenvalue weighted by molar-refractivity contribution is -0.112. The molecule has 1 N–H and O–H groups in total. The highest BCUT2D eigenvalue weighted by Gasteiger charge is 2.25. The van der Waals surface area contributed by atoms with E-state index in [1.54, 1.807) is 30.8 Å². The lowest BCUT2D eigenvalue weighted by atomic mass is 10.1. The molecule has 0 aliphatic carbocycles. The van der Waals surface area contributed by atoms with Gasteiger partial charge in [-0.3, -0.25) is 4.79 Å². The molecule has 3 rings (SSSR count). The summed E-state index contributed by atoms with van der Waals surface area (Å²) in [5.74, 6) is 0.493. The van der Waals surface area contributed by atoms with Crippen LogP contribution in [0.2, 0.25) is 0 Å². The first-order valence-electron chi connectivity index (χ1n) is 8.88. The first-order valence-corrected chi connectivity index (χ1v) is 9.69. The maximum atomic E-state index is 12.1. The first kappa shape index (κ1) is 19.0. The summed E-state index contributed by atoms with van der Waals surface area (Å²) in [7, 11) is 0. The Morgan fingerprint density at radius 3 is 2.67 bits per heavy atom. The molecule has 6 heteroatoms. The van der Waals surface area contributed by atoms with Crippen molar-refractivity contribution in [2.75, 3.05) is 18.0 Å². The predicted octanol–water partition coefficient (Wildman–Crippen LogP) is 4.38. The number of thioether (sulfide) groups is 1. The van der Waals surface area contributed by atoms with Gasteiger partial charge in [0.25, 0.3) is 0 Å². The Balaban J connectivity index is 1.61. The number of allylic oxidation sites excluding steroid dienone is 1. The van der Waals surface area contributed by atoms with Crippen molar-refractivity contribution in [3.05, 3.63) is 65.2 Å². The maximum absolute atomic E-state index is 12.1. The second kappa shape index (κ2) is 8.77. The van der Waals surface area contributed by atoms with E-state index in [4.69, 9.17) is 4.74 Å². The highest BCUT2D eigenvalue weighted by molar-refractivity contribution is 8.03. The van der Waals surface area contributed by atoms with Gasteiger partial charge in [-0.25, -0.2) is 4.79 Å². The van der Waals surface area contributed by atoms with Crippen LogP contribution in [-0.4, -0.2) is 25.0 Å². The van der Waals surface area contributed by atoms with E-state index in [9.17, 15) is 9.59 Å². The van der Waals surface area contributed by atoms with E-state index in [2.05, 4.69) is 5.32 Å². The van der Waals surface area contributed by atoms with E-state index >= 15 is 0 Å². The molecular weight excluding hydrogens is 360 g/mol.